The summed E-state index contributed by atoms with van der Waals surface area (Å²) >= 11 is 0. The van der Waals surface area contributed by atoms with Gasteiger partial charge in [0.05, 0.1) is 6.04 Å². The Balaban J connectivity index is 1.98. The van der Waals surface area contributed by atoms with Gasteiger partial charge in [-0.1, -0.05) is 12.1 Å². The predicted octanol–water partition coefficient (Wildman–Crippen LogP) is 1.38. The van der Waals surface area contributed by atoms with Crippen molar-refractivity contribution in [3.05, 3.63) is 35.6 Å². The van der Waals surface area contributed by atoms with Gasteiger partial charge in [-0.25, -0.2) is 4.39 Å². The van der Waals surface area contributed by atoms with E-state index in [0.717, 1.165) is 18.5 Å². The van der Waals surface area contributed by atoms with E-state index in [1.54, 1.807) is 12.1 Å². The molecular formula is C15H19FN2O3. The number of benzene rings is 1. The summed E-state index contributed by atoms with van der Waals surface area (Å²) in [4.78, 5) is 24.9. The molecule has 6 heteroatoms. The van der Waals surface area contributed by atoms with Crippen LogP contribution in [0.3, 0.4) is 0 Å². The van der Waals surface area contributed by atoms with Gasteiger partial charge in [0.15, 0.2) is 0 Å². The summed E-state index contributed by atoms with van der Waals surface area (Å²) in [5.41, 5.74) is 0.933. The molecule has 1 saturated heterocycles. The van der Waals surface area contributed by atoms with Gasteiger partial charge < -0.3 is 10.4 Å². The summed E-state index contributed by atoms with van der Waals surface area (Å²) in [5.74, 6) is -1.60. The number of carbonyl (C=O) groups is 2. The number of nitrogens with zero attached hydrogens (tertiary/aromatic N) is 1. The van der Waals surface area contributed by atoms with Gasteiger partial charge in [-0.3, -0.25) is 14.5 Å². The molecule has 1 aliphatic heterocycles. The summed E-state index contributed by atoms with van der Waals surface area (Å²) in [6.07, 6.45) is 1.60. The van der Waals surface area contributed by atoms with Crippen molar-refractivity contribution in [2.24, 2.45) is 0 Å². The fourth-order valence-electron chi connectivity index (χ4n) is 2.51. The van der Waals surface area contributed by atoms with Crippen LogP contribution in [-0.2, 0) is 16.1 Å². The van der Waals surface area contributed by atoms with Crippen LogP contribution >= 0.6 is 0 Å². The SMILES string of the molecule is C[C@H](NC(=O)[C@H]1CCCN1Cc1ccc(F)cc1)C(=O)O. The fraction of sp³-hybridized carbons (Fsp3) is 0.467. The normalized spacial score (nSPS) is 20.2. The molecule has 0 radical (unpaired) electrons. The van der Waals surface area contributed by atoms with Gasteiger partial charge in [0, 0.05) is 6.54 Å². The molecule has 0 aromatic heterocycles. The summed E-state index contributed by atoms with van der Waals surface area (Å²) in [5, 5.41) is 11.3. The molecule has 2 N–H and O–H groups in total. The molecule has 1 aromatic rings. The number of carboxylic acid groups (broad SMARTS) is 1. The quantitative estimate of drug-likeness (QED) is 0.861. The molecule has 1 fully saturated rings. The van der Waals surface area contributed by atoms with Gasteiger partial charge in [-0.05, 0) is 44.0 Å². The molecule has 5 nitrogen and oxygen atoms in total. The number of halogens is 1. The monoisotopic (exact) mass is 294 g/mol. The maximum atomic E-state index is 12.9. The Hall–Kier alpha value is -1.95. The fourth-order valence-corrected chi connectivity index (χ4v) is 2.51. The van der Waals surface area contributed by atoms with Crippen LogP contribution < -0.4 is 5.32 Å². The van der Waals surface area contributed by atoms with Crippen molar-refractivity contribution in [3.63, 3.8) is 0 Å². The Bertz CT molecular complexity index is 518. The van der Waals surface area contributed by atoms with Crippen molar-refractivity contribution in [2.75, 3.05) is 6.54 Å². The summed E-state index contributed by atoms with van der Waals surface area (Å²) in [7, 11) is 0. The molecule has 0 bridgehead atoms. The second-order valence-electron chi connectivity index (χ2n) is 5.32. The van der Waals surface area contributed by atoms with E-state index in [9.17, 15) is 14.0 Å². The van der Waals surface area contributed by atoms with Crippen LogP contribution in [0.2, 0.25) is 0 Å². The molecule has 0 saturated carbocycles. The predicted molar refractivity (Wildman–Crippen MR) is 75.1 cm³/mol. The molecule has 2 rings (SSSR count). The molecule has 1 aliphatic rings. The number of nitrogens with one attached hydrogen (secondary N) is 1. The van der Waals surface area contributed by atoms with Crippen LogP contribution in [0, 0.1) is 5.82 Å². The maximum absolute atomic E-state index is 12.9. The number of carbonyl (C=O) groups excluding carboxylic acids is 1. The van der Waals surface area contributed by atoms with Crippen LogP contribution in [-0.4, -0.2) is 40.5 Å². The smallest absolute Gasteiger partial charge is 0.325 e. The van der Waals surface area contributed by atoms with Crippen LogP contribution in [0.5, 0.6) is 0 Å². The van der Waals surface area contributed by atoms with Crippen molar-refractivity contribution >= 4 is 11.9 Å². The Morgan fingerprint density at radius 3 is 2.71 bits per heavy atom. The molecule has 1 amide bonds. The van der Waals surface area contributed by atoms with E-state index in [1.807, 2.05) is 4.90 Å². The van der Waals surface area contributed by atoms with E-state index in [4.69, 9.17) is 5.11 Å². The molecule has 2 atom stereocenters. The number of likely N-dealkylation sites (tertiary alicyclic amines) is 1. The zero-order chi connectivity index (χ0) is 15.4. The van der Waals surface area contributed by atoms with Crippen molar-refractivity contribution in [1.29, 1.82) is 0 Å². The number of aliphatic carboxylic acids is 1. The minimum Gasteiger partial charge on any atom is -0.480 e. The first-order valence-corrected chi connectivity index (χ1v) is 6.99. The highest BCUT2D eigenvalue weighted by atomic mass is 19.1. The lowest BCUT2D eigenvalue weighted by atomic mass is 10.1. The van der Waals surface area contributed by atoms with Gasteiger partial charge >= 0.3 is 5.97 Å². The second-order valence-corrected chi connectivity index (χ2v) is 5.32. The summed E-state index contributed by atoms with van der Waals surface area (Å²) in [6, 6.07) is 4.97. The van der Waals surface area contributed by atoms with Gasteiger partial charge in [-0.15, -0.1) is 0 Å². The zero-order valence-electron chi connectivity index (χ0n) is 11.9. The number of hydrogen-bond acceptors (Lipinski definition) is 3. The first-order valence-electron chi connectivity index (χ1n) is 6.99. The Morgan fingerprint density at radius 2 is 2.10 bits per heavy atom. The average molecular weight is 294 g/mol. The number of hydrogen-bond donors (Lipinski definition) is 2. The third-order valence-electron chi connectivity index (χ3n) is 3.69. The maximum Gasteiger partial charge on any atom is 0.325 e. The van der Waals surface area contributed by atoms with Crippen molar-refractivity contribution < 1.29 is 19.1 Å². The lowest BCUT2D eigenvalue weighted by Crippen LogP contribution is -2.48. The molecule has 0 aliphatic carbocycles. The van der Waals surface area contributed by atoms with Crippen molar-refractivity contribution in [2.45, 2.75) is 38.4 Å². The molecule has 114 valence electrons. The highest BCUT2D eigenvalue weighted by Gasteiger charge is 2.31. The number of carboxylic acids is 1. The number of rotatable bonds is 5. The van der Waals surface area contributed by atoms with E-state index >= 15 is 0 Å². The van der Waals surface area contributed by atoms with E-state index in [1.165, 1.54) is 19.1 Å². The minimum atomic E-state index is -1.05. The van der Waals surface area contributed by atoms with Crippen molar-refractivity contribution in [1.82, 2.24) is 10.2 Å². The van der Waals surface area contributed by atoms with Gasteiger partial charge in [0.1, 0.15) is 11.9 Å². The van der Waals surface area contributed by atoms with Gasteiger partial charge in [-0.2, -0.15) is 0 Å². The lowest BCUT2D eigenvalue weighted by molar-refractivity contribution is -0.142. The highest BCUT2D eigenvalue weighted by molar-refractivity contribution is 5.86. The first-order chi connectivity index (χ1) is 9.97. The van der Waals surface area contributed by atoms with Gasteiger partial charge in [0.2, 0.25) is 5.91 Å². The molecule has 0 spiro atoms. The average Bonchev–Trinajstić information content (AvgIpc) is 2.89. The standard InChI is InChI=1S/C15H19FN2O3/c1-10(15(20)21)17-14(19)13-3-2-8-18(13)9-11-4-6-12(16)7-5-11/h4-7,10,13H,2-3,8-9H2,1H3,(H,17,19)(H,20,21)/t10-,13+/m0/s1. The molecule has 1 aromatic carbocycles. The Labute approximate surface area is 122 Å². The van der Waals surface area contributed by atoms with E-state index < -0.39 is 12.0 Å². The van der Waals surface area contributed by atoms with Crippen LogP contribution in [0.15, 0.2) is 24.3 Å². The Kier molecular flexibility index (Phi) is 4.90. The van der Waals surface area contributed by atoms with Crippen molar-refractivity contribution in [3.8, 4) is 0 Å². The van der Waals surface area contributed by atoms with E-state index in [2.05, 4.69) is 5.32 Å². The summed E-state index contributed by atoms with van der Waals surface area (Å²) in [6.45, 7) is 2.77. The molecule has 0 unspecified atom stereocenters. The Morgan fingerprint density at radius 1 is 1.43 bits per heavy atom. The van der Waals surface area contributed by atoms with Crippen LogP contribution in [0.4, 0.5) is 4.39 Å². The van der Waals surface area contributed by atoms with Gasteiger partial charge in [0.25, 0.3) is 0 Å². The first kappa shape index (κ1) is 15.4. The highest BCUT2D eigenvalue weighted by Crippen LogP contribution is 2.20. The topological polar surface area (TPSA) is 69.6 Å². The zero-order valence-corrected chi connectivity index (χ0v) is 11.9. The van der Waals surface area contributed by atoms with Crippen LogP contribution in [0.1, 0.15) is 25.3 Å². The third kappa shape index (κ3) is 4.01. The third-order valence-corrected chi connectivity index (χ3v) is 3.69. The largest absolute Gasteiger partial charge is 0.480 e. The lowest BCUT2D eigenvalue weighted by Gasteiger charge is -2.24. The van der Waals surface area contributed by atoms with E-state index in [0.29, 0.717) is 13.0 Å². The number of amides is 1. The molecule has 21 heavy (non-hydrogen) atoms. The molecular weight excluding hydrogens is 275 g/mol. The minimum absolute atomic E-state index is 0.260. The summed E-state index contributed by atoms with van der Waals surface area (Å²) < 4.78 is 12.9. The van der Waals surface area contributed by atoms with E-state index in [-0.39, 0.29) is 17.8 Å². The van der Waals surface area contributed by atoms with Crippen LogP contribution in [0.25, 0.3) is 0 Å². The second kappa shape index (κ2) is 6.67. The molecule has 1 heterocycles.